The first-order valence-corrected chi connectivity index (χ1v) is 7.66. The first kappa shape index (κ1) is 18.9. The van der Waals surface area contributed by atoms with Crippen LogP contribution < -0.4 is 16.8 Å². The van der Waals surface area contributed by atoms with Crippen LogP contribution in [0, 0.1) is 11.3 Å². The van der Waals surface area contributed by atoms with Gasteiger partial charge in [0.25, 0.3) is 5.95 Å². The van der Waals surface area contributed by atoms with Gasteiger partial charge in [-0.2, -0.15) is 25.0 Å². The van der Waals surface area contributed by atoms with Gasteiger partial charge < -0.3 is 27.0 Å². The Labute approximate surface area is 161 Å². The van der Waals surface area contributed by atoms with E-state index in [2.05, 4.69) is 40.6 Å². The van der Waals surface area contributed by atoms with E-state index >= 15 is 0 Å². The predicted octanol–water partition coefficient (Wildman–Crippen LogP) is 0.273. The van der Waals surface area contributed by atoms with Crippen LogP contribution in [0.4, 0.5) is 28.8 Å². The maximum absolute atomic E-state index is 11.1. The summed E-state index contributed by atoms with van der Waals surface area (Å²) < 4.78 is 0.939. The summed E-state index contributed by atoms with van der Waals surface area (Å²) in [6.07, 6.45) is 1.15. The molecule has 0 fully saturated rings. The Balaban J connectivity index is 2.05. The maximum Gasteiger partial charge on any atom is 0.321 e. The summed E-state index contributed by atoms with van der Waals surface area (Å²) >= 11 is 0. The van der Waals surface area contributed by atoms with Crippen LogP contribution in [0.3, 0.4) is 0 Å². The number of anilines is 3. The van der Waals surface area contributed by atoms with Crippen LogP contribution in [0.2, 0.25) is 0 Å². The SMILES string of the molecule is CC(=O)Nc1cc(N)c(/N=N/c2c(C#N)cnn2-c2nc(O)nc(O)n2)c(N)n1. The fraction of sp³-hybridized carbons (Fsp3) is 0.0714. The van der Waals surface area contributed by atoms with E-state index in [1.165, 1.54) is 13.0 Å². The zero-order chi connectivity index (χ0) is 21.1. The molecule has 0 radical (unpaired) electrons. The molecule has 3 heterocycles. The Morgan fingerprint density at radius 1 is 1.21 bits per heavy atom. The van der Waals surface area contributed by atoms with Crippen LogP contribution in [-0.4, -0.2) is 45.8 Å². The zero-order valence-electron chi connectivity index (χ0n) is 14.6. The highest BCUT2D eigenvalue weighted by Gasteiger charge is 2.17. The van der Waals surface area contributed by atoms with Crippen LogP contribution in [0.1, 0.15) is 12.5 Å². The van der Waals surface area contributed by atoms with Gasteiger partial charge in [0.05, 0.1) is 11.9 Å². The molecule has 0 aromatic carbocycles. The molecule has 15 nitrogen and oxygen atoms in total. The topological polar surface area (TPSA) is 239 Å². The number of carbonyl (C=O) groups is 1. The van der Waals surface area contributed by atoms with Gasteiger partial charge in [0, 0.05) is 13.0 Å². The van der Waals surface area contributed by atoms with Gasteiger partial charge in [-0.05, 0) is 0 Å². The molecule has 146 valence electrons. The van der Waals surface area contributed by atoms with Crippen molar-refractivity contribution in [2.45, 2.75) is 6.92 Å². The molecule has 29 heavy (non-hydrogen) atoms. The lowest BCUT2D eigenvalue weighted by molar-refractivity contribution is -0.114. The second-order valence-electron chi connectivity index (χ2n) is 5.35. The first-order chi connectivity index (χ1) is 13.8. The number of aromatic nitrogens is 6. The van der Waals surface area contributed by atoms with Crippen LogP contribution in [0.25, 0.3) is 5.95 Å². The van der Waals surface area contributed by atoms with Crippen molar-refractivity contribution in [2.75, 3.05) is 16.8 Å². The molecule has 0 aliphatic heterocycles. The second-order valence-corrected chi connectivity index (χ2v) is 5.35. The van der Waals surface area contributed by atoms with Crippen molar-refractivity contribution in [2.24, 2.45) is 10.2 Å². The van der Waals surface area contributed by atoms with Crippen molar-refractivity contribution >= 4 is 34.7 Å². The highest BCUT2D eigenvalue weighted by Crippen LogP contribution is 2.33. The van der Waals surface area contributed by atoms with Gasteiger partial charge in [-0.1, -0.05) is 0 Å². The number of amides is 1. The zero-order valence-corrected chi connectivity index (χ0v) is 14.6. The molecule has 0 bridgehead atoms. The summed E-state index contributed by atoms with van der Waals surface area (Å²) in [6, 6.07) is 1.65. The Bertz CT molecular complexity index is 1140. The fourth-order valence-electron chi connectivity index (χ4n) is 2.13. The van der Waals surface area contributed by atoms with Crippen molar-refractivity contribution in [1.82, 2.24) is 29.7 Å². The number of nitrogens with zero attached hydrogens (tertiary/aromatic N) is 9. The Morgan fingerprint density at radius 3 is 2.48 bits per heavy atom. The summed E-state index contributed by atoms with van der Waals surface area (Å²) in [4.78, 5) is 25.5. The molecule has 3 rings (SSSR count). The molecule has 1 amide bonds. The number of nitrogens with two attached hydrogens (primary N) is 2. The number of nitrogen functional groups attached to an aromatic ring is 2. The van der Waals surface area contributed by atoms with Crippen molar-refractivity contribution in [3.05, 3.63) is 17.8 Å². The monoisotopic (exact) mass is 396 g/mol. The molecule has 0 unspecified atom stereocenters. The lowest BCUT2D eigenvalue weighted by Gasteiger charge is -2.07. The molecule has 0 aliphatic rings. The van der Waals surface area contributed by atoms with Crippen molar-refractivity contribution < 1.29 is 15.0 Å². The van der Waals surface area contributed by atoms with Crippen molar-refractivity contribution in [3.8, 4) is 24.0 Å². The average molecular weight is 396 g/mol. The minimum atomic E-state index is -0.768. The lowest BCUT2D eigenvalue weighted by atomic mass is 10.3. The molecule has 3 aromatic heterocycles. The minimum absolute atomic E-state index is 0.0166. The standard InChI is InChI=1S/C14H12N12O3/c1-5(27)19-8-2-7(16)9(10(17)20-8)24-25-11-6(3-15)4-18-26(11)12-21-13(28)23-14(29)22-12/h2,4H,1H3,(H5,16,17,19,20,27)(H2,21,22,23,28,29)/b25-24+. The number of rotatable bonds is 4. The van der Waals surface area contributed by atoms with Gasteiger partial charge in [-0.15, -0.1) is 15.2 Å². The molecule has 3 aromatic rings. The smallest absolute Gasteiger partial charge is 0.321 e. The van der Waals surface area contributed by atoms with Gasteiger partial charge in [-0.25, -0.2) is 4.98 Å². The van der Waals surface area contributed by atoms with Gasteiger partial charge in [0.1, 0.15) is 17.5 Å². The van der Waals surface area contributed by atoms with E-state index in [9.17, 15) is 20.3 Å². The number of hydrogen-bond acceptors (Lipinski definition) is 13. The predicted molar refractivity (Wildman–Crippen MR) is 96.5 cm³/mol. The third-order valence-electron chi connectivity index (χ3n) is 3.25. The normalized spacial score (nSPS) is 10.8. The number of aromatic hydroxyl groups is 2. The summed E-state index contributed by atoms with van der Waals surface area (Å²) in [5.74, 6) is -0.812. The van der Waals surface area contributed by atoms with Gasteiger partial charge in [-0.3, -0.25) is 4.79 Å². The number of pyridine rings is 1. The van der Waals surface area contributed by atoms with Crippen LogP contribution in [-0.2, 0) is 4.79 Å². The molecule has 0 aliphatic carbocycles. The molecule has 0 saturated heterocycles. The second kappa shape index (κ2) is 7.40. The highest BCUT2D eigenvalue weighted by molar-refractivity contribution is 5.89. The molecule has 7 N–H and O–H groups in total. The van der Waals surface area contributed by atoms with E-state index in [1.54, 1.807) is 0 Å². The van der Waals surface area contributed by atoms with Crippen LogP contribution in [0.15, 0.2) is 22.5 Å². The summed E-state index contributed by atoms with van der Waals surface area (Å²) in [5, 5.41) is 42.2. The highest BCUT2D eigenvalue weighted by atomic mass is 16.3. The number of azo groups is 1. The van der Waals surface area contributed by atoms with Gasteiger partial charge >= 0.3 is 12.0 Å². The van der Waals surface area contributed by atoms with E-state index < -0.39 is 12.0 Å². The summed E-state index contributed by atoms with van der Waals surface area (Å²) in [6.45, 7) is 1.29. The molecule has 0 saturated carbocycles. The molecular weight excluding hydrogens is 384 g/mol. The first-order valence-electron chi connectivity index (χ1n) is 7.66. The number of nitrogens with one attached hydrogen (secondary N) is 1. The molecule has 0 spiro atoms. The Kier molecular flexibility index (Phi) is 4.82. The largest absolute Gasteiger partial charge is 0.479 e. The molecule has 0 atom stereocenters. The fourth-order valence-corrected chi connectivity index (χ4v) is 2.13. The summed E-state index contributed by atoms with van der Waals surface area (Å²) in [7, 11) is 0. The maximum atomic E-state index is 11.1. The van der Waals surface area contributed by atoms with Gasteiger partial charge in [0.15, 0.2) is 17.3 Å². The Hall–Kier alpha value is -4.87. The lowest BCUT2D eigenvalue weighted by Crippen LogP contribution is -2.09. The quantitative estimate of drug-likeness (QED) is 0.375. The average Bonchev–Trinajstić information content (AvgIpc) is 3.02. The molecular formula is C14H12N12O3. The molecule has 15 heteroatoms. The third-order valence-corrected chi connectivity index (χ3v) is 3.25. The minimum Gasteiger partial charge on any atom is -0.479 e. The van der Waals surface area contributed by atoms with Crippen molar-refractivity contribution in [1.29, 1.82) is 5.26 Å². The van der Waals surface area contributed by atoms with E-state index in [4.69, 9.17) is 11.5 Å². The summed E-state index contributed by atoms with van der Waals surface area (Å²) in [5.41, 5.74) is 11.7. The third kappa shape index (κ3) is 3.95. The van der Waals surface area contributed by atoms with Crippen LogP contribution >= 0.6 is 0 Å². The van der Waals surface area contributed by atoms with E-state index in [-0.39, 0.29) is 46.2 Å². The van der Waals surface area contributed by atoms with Gasteiger partial charge in [0.2, 0.25) is 5.91 Å². The Morgan fingerprint density at radius 2 is 1.90 bits per heavy atom. The van der Waals surface area contributed by atoms with Crippen LogP contribution in [0.5, 0.6) is 12.0 Å². The van der Waals surface area contributed by atoms with E-state index in [0.717, 1.165) is 10.9 Å². The van der Waals surface area contributed by atoms with E-state index in [0.29, 0.717) is 0 Å². The number of nitriles is 1. The number of hydrogen-bond donors (Lipinski definition) is 5. The van der Waals surface area contributed by atoms with E-state index in [1.807, 2.05) is 6.07 Å². The van der Waals surface area contributed by atoms with Crippen molar-refractivity contribution in [3.63, 3.8) is 0 Å². The number of carbonyl (C=O) groups excluding carboxylic acids is 1.